The van der Waals surface area contributed by atoms with E-state index in [1.165, 1.54) is 0 Å². The zero-order chi connectivity index (χ0) is 20.5. The predicted octanol–water partition coefficient (Wildman–Crippen LogP) is 3.64. The molecule has 0 radical (unpaired) electrons. The van der Waals surface area contributed by atoms with Gasteiger partial charge >= 0.3 is 5.97 Å². The average molecular weight is 396 g/mol. The molecule has 0 saturated carbocycles. The number of carbonyl (C=O) groups is 1. The lowest BCUT2D eigenvalue weighted by atomic mass is 9.99. The van der Waals surface area contributed by atoms with Gasteiger partial charge in [-0.2, -0.15) is 5.21 Å². The Balaban J connectivity index is 1.43. The van der Waals surface area contributed by atoms with Crippen molar-refractivity contribution in [2.45, 2.75) is 0 Å². The number of H-pyrrole nitrogens is 1. The van der Waals surface area contributed by atoms with Gasteiger partial charge in [0.05, 0.1) is 22.9 Å². The minimum absolute atomic E-state index is 0.427. The van der Waals surface area contributed by atoms with Crippen molar-refractivity contribution in [2.75, 3.05) is 0 Å². The largest absolute Gasteiger partial charge is 0.423 e. The van der Waals surface area contributed by atoms with Gasteiger partial charge in [0.25, 0.3) is 0 Å². The Morgan fingerprint density at radius 2 is 1.77 bits per heavy atom. The van der Waals surface area contributed by atoms with Crippen molar-refractivity contribution in [1.29, 1.82) is 0 Å². The Morgan fingerprint density at radius 1 is 0.967 bits per heavy atom. The summed E-state index contributed by atoms with van der Waals surface area (Å²) in [4.78, 5) is 17.0. The summed E-state index contributed by atoms with van der Waals surface area (Å²) >= 11 is 0. The topological polar surface area (TPSA) is 98.6 Å². The van der Waals surface area contributed by atoms with E-state index in [1.807, 2.05) is 54.1 Å². The van der Waals surface area contributed by atoms with E-state index in [4.69, 9.17) is 4.74 Å². The zero-order valence-electron chi connectivity index (χ0n) is 16.0. The van der Waals surface area contributed by atoms with Crippen LogP contribution in [0.3, 0.4) is 0 Å². The molecule has 1 N–H and O–H groups in total. The van der Waals surface area contributed by atoms with Crippen LogP contribution in [0.4, 0.5) is 0 Å². The molecule has 0 fully saturated rings. The van der Waals surface area contributed by atoms with Gasteiger partial charge in [0.15, 0.2) is 0 Å². The molecule has 146 valence electrons. The number of aromatic amines is 1. The highest BCUT2D eigenvalue weighted by Crippen LogP contribution is 2.31. The van der Waals surface area contributed by atoms with Gasteiger partial charge in [0.1, 0.15) is 5.75 Å². The van der Waals surface area contributed by atoms with E-state index < -0.39 is 5.97 Å². The first-order chi connectivity index (χ1) is 14.7. The third-order valence-corrected chi connectivity index (χ3v) is 4.85. The Morgan fingerprint density at radius 3 is 2.53 bits per heavy atom. The molecule has 0 amide bonds. The lowest BCUT2D eigenvalue weighted by molar-refractivity contribution is 0.0736. The number of aryl methyl sites for hydroxylation is 1. The molecule has 0 aliphatic rings. The molecular weight excluding hydrogens is 380 g/mol. The molecule has 30 heavy (non-hydrogen) atoms. The van der Waals surface area contributed by atoms with E-state index in [2.05, 4.69) is 25.6 Å². The number of imidazole rings is 1. The van der Waals surface area contributed by atoms with Crippen LogP contribution >= 0.6 is 0 Å². The molecule has 0 aliphatic carbocycles. The van der Waals surface area contributed by atoms with Crippen LogP contribution in [0.5, 0.6) is 5.75 Å². The standard InChI is InChI=1S/C22H16N6O2/c1-28-13-23-19-8-4-7-18(20(19)28)22(29)30-15-11-9-14(10-12-15)16-5-2-3-6-17(16)21-24-26-27-25-21/h2-13H,1H3,(H,24,25,26,27). The number of rotatable bonds is 4. The van der Waals surface area contributed by atoms with Gasteiger partial charge in [-0.15, -0.1) is 10.2 Å². The highest BCUT2D eigenvalue weighted by atomic mass is 16.5. The maximum absolute atomic E-state index is 12.8. The summed E-state index contributed by atoms with van der Waals surface area (Å²) in [5.74, 6) is 0.550. The normalized spacial score (nSPS) is 11.0. The fraction of sp³-hybridized carbons (Fsp3) is 0.0455. The van der Waals surface area contributed by atoms with Crippen LogP contribution in [0.25, 0.3) is 33.5 Å². The van der Waals surface area contributed by atoms with Crippen molar-refractivity contribution in [2.24, 2.45) is 7.05 Å². The summed E-state index contributed by atoms with van der Waals surface area (Å²) < 4.78 is 7.42. The number of hydrogen-bond donors (Lipinski definition) is 1. The number of carbonyl (C=O) groups excluding carboxylic acids is 1. The minimum atomic E-state index is -0.427. The Bertz CT molecular complexity index is 1340. The first kappa shape index (κ1) is 17.7. The van der Waals surface area contributed by atoms with Crippen LogP contribution in [-0.2, 0) is 7.05 Å². The van der Waals surface area contributed by atoms with Crippen LogP contribution in [0.15, 0.2) is 73.1 Å². The van der Waals surface area contributed by atoms with Crippen molar-refractivity contribution in [1.82, 2.24) is 30.2 Å². The smallest absolute Gasteiger partial charge is 0.345 e. The summed E-state index contributed by atoms with van der Waals surface area (Å²) in [6, 6.07) is 20.5. The molecule has 0 spiro atoms. The Labute approximate surface area is 171 Å². The van der Waals surface area contributed by atoms with Gasteiger partial charge in [0, 0.05) is 12.6 Å². The maximum Gasteiger partial charge on any atom is 0.345 e. The quantitative estimate of drug-likeness (QED) is 0.368. The van der Waals surface area contributed by atoms with E-state index in [9.17, 15) is 4.79 Å². The van der Waals surface area contributed by atoms with Gasteiger partial charge in [-0.05, 0) is 40.6 Å². The van der Waals surface area contributed by atoms with Crippen LogP contribution in [0.1, 0.15) is 10.4 Å². The molecule has 5 rings (SSSR count). The molecule has 3 aromatic carbocycles. The fourth-order valence-corrected chi connectivity index (χ4v) is 3.45. The second-order valence-electron chi connectivity index (χ2n) is 6.72. The van der Waals surface area contributed by atoms with Crippen molar-refractivity contribution >= 4 is 17.0 Å². The van der Waals surface area contributed by atoms with E-state index in [1.54, 1.807) is 30.6 Å². The summed E-state index contributed by atoms with van der Waals surface area (Å²) in [6.45, 7) is 0. The van der Waals surface area contributed by atoms with Gasteiger partial charge in [0.2, 0.25) is 5.82 Å². The van der Waals surface area contributed by atoms with E-state index >= 15 is 0 Å². The van der Waals surface area contributed by atoms with Crippen LogP contribution < -0.4 is 4.74 Å². The monoisotopic (exact) mass is 396 g/mol. The first-order valence-corrected chi connectivity index (χ1v) is 9.26. The highest BCUT2D eigenvalue weighted by Gasteiger charge is 2.16. The third kappa shape index (κ3) is 3.10. The highest BCUT2D eigenvalue weighted by molar-refractivity contribution is 6.03. The number of nitrogens with one attached hydrogen (secondary N) is 1. The van der Waals surface area contributed by atoms with Gasteiger partial charge in [-0.1, -0.05) is 42.5 Å². The fourth-order valence-electron chi connectivity index (χ4n) is 3.45. The van der Waals surface area contributed by atoms with Crippen LogP contribution in [0, 0.1) is 0 Å². The molecular formula is C22H16N6O2. The summed E-state index contributed by atoms with van der Waals surface area (Å²) in [6.07, 6.45) is 1.68. The van der Waals surface area contributed by atoms with E-state index in [-0.39, 0.29) is 0 Å². The molecule has 5 aromatic rings. The van der Waals surface area contributed by atoms with Crippen molar-refractivity contribution in [3.63, 3.8) is 0 Å². The first-order valence-electron chi connectivity index (χ1n) is 9.26. The SMILES string of the molecule is Cn1cnc2cccc(C(=O)Oc3ccc(-c4ccccc4-c4nn[nH]n4)cc3)c21. The second kappa shape index (κ2) is 7.25. The molecule has 0 bridgehead atoms. The number of para-hydroxylation sites is 1. The van der Waals surface area contributed by atoms with Crippen LogP contribution in [0.2, 0.25) is 0 Å². The number of hydrogen-bond acceptors (Lipinski definition) is 6. The summed E-state index contributed by atoms with van der Waals surface area (Å²) in [5.41, 5.74) is 4.73. The lowest BCUT2D eigenvalue weighted by Gasteiger charge is -2.09. The lowest BCUT2D eigenvalue weighted by Crippen LogP contribution is -2.10. The van der Waals surface area contributed by atoms with Gasteiger partial charge in [-0.3, -0.25) is 0 Å². The summed E-state index contributed by atoms with van der Waals surface area (Å²) in [5, 5.41) is 14.2. The summed E-state index contributed by atoms with van der Waals surface area (Å²) in [7, 11) is 1.85. The minimum Gasteiger partial charge on any atom is -0.423 e. The van der Waals surface area contributed by atoms with Gasteiger partial charge in [-0.25, -0.2) is 9.78 Å². The molecule has 8 nitrogen and oxygen atoms in total. The number of aromatic nitrogens is 6. The van der Waals surface area contributed by atoms with Gasteiger partial charge < -0.3 is 9.30 Å². The molecule has 0 unspecified atom stereocenters. The number of nitrogens with zero attached hydrogens (tertiary/aromatic N) is 5. The molecule has 8 heteroatoms. The number of benzene rings is 3. The maximum atomic E-state index is 12.8. The van der Waals surface area contributed by atoms with Crippen molar-refractivity contribution < 1.29 is 9.53 Å². The number of esters is 1. The molecule has 2 heterocycles. The molecule has 0 saturated heterocycles. The van der Waals surface area contributed by atoms with Crippen molar-refractivity contribution in [3.05, 3.63) is 78.6 Å². The molecule has 0 atom stereocenters. The van der Waals surface area contributed by atoms with Crippen molar-refractivity contribution in [3.8, 4) is 28.3 Å². The Hall–Kier alpha value is -4.33. The Kier molecular flexibility index (Phi) is 4.29. The zero-order valence-corrected chi connectivity index (χ0v) is 16.0. The van der Waals surface area contributed by atoms with E-state index in [0.717, 1.165) is 27.7 Å². The number of fused-ring (bicyclic) bond motifs is 1. The van der Waals surface area contributed by atoms with E-state index in [0.29, 0.717) is 17.1 Å². The average Bonchev–Trinajstić information content (AvgIpc) is 3.45. The molecule has 0 aliphatic heterocycles. The number of tetrazole rings is 1. The second-order valence-corrected chi connectivity index (χ2v) is 6.72. The third-order valence-electron chi connectivity index (χ3n) is 4.85. The van der Waals surface area contributed by atoms with Crippen LogP contribution in [-0.4, -0.2) is 36.1 Å². The number of ether oxygens (including phenoxy) is 1. The molecule has 2 aromatic heterocycles. The predicted molar refractivity (Wildman–Crippen MR) is 111 cm³/mol.